The van der Waals surface area contributed by atoms with Crippen LogP contribution in [0.3, 0.4) is 0 Å². The lowest BCUT2D eigenvalue weighted by Gasteiger charge is -2.35. The van der Waals surface area contributed by atoms with Gasteiger partial charge in [0.15, 0.2) is 5.75 Å². The van der Waals surface area contributed by atoms with Crippen molar-refractivity contribution in [1.29, 1.82) is 0 Å². The van der Waals surface area contributed by atoms with Crippen LogP contribution in [0, 0.1) is 5.92 Å². The lowest BCUT2D eigenvalue weighted by Crippen LogP contribution is -2.56. The van der Waals surface area contributed by atoms with Crippen molar-refractivity contribution >= 4 is 23.2 Å². The van der Waals surface area contributed by atoms with Crippen LogP contribution < -0.4 is 18.9 Å². The summed E-state index contributed by atoms with van der Waals surface area (Å²) in [5.41, 5.74) is 0.548. The molecule has 8 nitrogen and oxygen atoms in total. The van der Waals surface area contributed by atoms with Gasteiger partial charge in [-0.3, -0.25) is 14.3 Å². The molecule has 0 saturated heterocycles. The van der Waals surface area contributed by atoms with Crippen LogP contribution in [0.4, 0.5) is 0 Å². The number of ether oxygens (including phenoxy) is 4. The summed E-state index contributed by atoms with van der Waals surface area (Å²) in [6.07, 6.45) is 0.362. The number of rotatable bonds is 4. The molecule has 2 aromatic carbocycles. The maximum absolute atomic E-state index is 14.2. The number of para-hydroxylation sites is 1. The summed E-state index contributed by atoms with van der Waals surface area (Å²) in [6, 6.07) is 8.88. The number of nitrogens with zero attached hydrogens (tertiary/aromatic N) is 2. The van der Waals surface area contributed by atoms with E-state index in [9.17, 15) is 9.59 Å². The van der Waals surface area contributed by atoms with Crippen LogP contribution in [0.25, 0.3) is 11.3 Å². The molecule has 0 unspecified atom stereocenters. The summed E-state index contributed by atoms with van der Waals surface area (Å²) in [5.74, 6) is -0.246. The van der Waals surface area contributed by atoms with E-state index in [0.29, 0.717) is 34.7 Å². The van der Waals surface area contributed by atoms with Gasteiger partial charge in [-0.1, -0.05) is 30.7 Å². The minimum Gasteiger partial charge on any atom is -0.496 e. The Morgan fingerprint density at radius 2 is 1.68 bits per heavy atom. The molecule has 1 aromatic heterocycles. The van der Waals surface area contributed by atoms with Gasteiger partial charge in [-0.25, -0.2) is 0 Å². The Bertz CT molecular complexity index is 1360. The van der Waals surface area contributed by atoms with E-state index in [0.717, 1.165) is 0 Å². The predicted octanol–water partition coefficient (Wildman–Crippen LogP) is 4.16. The van der Waals surface area contributed by atoms with Crippen molar-refractivity contribution in [2.24, 2.45) is 13.0 Å². The molecular weight excluding hydrogens is 460 g/mol. The van der Waals surface area contributed by atoms with Crippen molar-refractivity contribution < 1.29 is 28.5 Å². The van der Waals surface area contributed by atoms with Crippen molar-refractivity contribution in [3.63, 3.8) is 0 Å². The smallest absolute Gasteiger partial charge is 0.237 e. The van der Waals surface area contributed by atoms with E-state index in [1.165, 1.54) is 20.3 Å². The fraction of sp³-hybridized carbons (Fsp3) is 0.320. The third-order valence-electron chi connectivity index (χ3n) is 6.66. The van der Waals surface area contributed by atoms with E-state index in [-0.39, 0.29) is 27.8 Å². The monoisotopic (exact) mass is 482 g/mol. The first kappa shape index (κ1) is 22.3. The third-order valence-corrected chi connectivity index (χ3v) is 7.02. The highest BCUT2D eigenvalue weighted by Crippen LogP contribution is 2.54. The molecule has 0 saturated carbocycles. The first-order valence-corrected chi connectivity index (χ1v) is 11.1. The molecule has 176 valence electrons. The highest BCUT2D eigenvalue weighted by Gasteiger charge is 2.62. The number of Topliss-reactive ketones (excluding diaryl/α,β-unsaturated/α-hetero) is 2. The molecule has 5 rings (SSSR count). The zero-order valence-electron chi connectivity index (χ0n) is 19.4. The van der Waals surface area contributed by atoms with Gasteiger partial charge in [0.05, 0.1) is 38.3 Å². The average Bonchev–Trinajstić information content (AvgIpc) is 3.33. The SMILES string of the molecule is COc1ccccc1-c1c2c(nn1C)C[C@@H](C)[C@]1(Oc3c(Cl)c(OC)cc(OC)c3C1=O)C2=O. The minimum absolute atomic E-state index is 0.0919. The maximum Gasteiger partial charge on any atom is 0.237 e. The summed E-state index contributed by atoms with van der Waals surface area (Å²) in [7, 11) is 6.22. The molecule has 1 aliphatic heterocycles. The molecular formula is C25H23ClN2O6. The molecule has 0 bridgehead atoms. The van der Waals surface area contributed by atoms with Crippen LogP contribution >= 0.6 is 11.6 Å². The minimum atomic E-state index is -1.79. The van der Waals surface area contributed by atoms with Crippen molar-refractivity contribution in [3.8, 4) is 34.3 Å². The lowest BCUT2D eigenvalue weighted by molar-refractivity contribution is 0.0259. The normalized spacial score (nSPS) is 20.7. The van der Waals surface area contributed by atoms with Crippen LogP contribution in [0.1, 0.15) is 33.3 Å². The Morgan fingerprint density at radius 1 is 1.03 bits per heavy atom. The van der Waals surface area contributed by atoms with E-state index in [2.05, 4.69) is 5.10 Å². The molecule has 0 N–H and O–H groups in total. The molecule has 0 fully saturated rings. The fourth-order valence-corrected chi connectivity index (χ4v) is 5.29. The second kappa shape index (κ2) is 7.77. The van der Waals surface area contributed by atoms with Crippen LogP contribution in [0.15, 0.2) is 30.3 Å². The van der Waals surface area contributed by atoms with Gasteiger partial charge >= 0.3 is 0 Å². The number of benzene rings is 2. The summed E-state index contributed by atoms with van der Waals surface area (Å²) in [6.45, 7) is 1.81. The molecule has 3 aromatic rings. The molecule has 34 heavy (non-hydrogen) atoms. The van der Waals surface area contributed by atoms with Gasteiger partial charge in [0, 0.05) is 24.6 Å². The number of methoxy groups -OCH3 is 3. The highest BCUT2D eigenvalue weighted by atomic mass is 35.5. The van der Waals surface area contributed by atoms with Crippen molar-refractivity contribution in [3.05, 3.63) is 52.2 Å². The Morgan fingerprint density at radius 3 is 2.35 bits per heavy atom. The molecule has 0 amide bonds. The summed E-state index contributed by atoms with van der Waals surface area (Å²) in [5, 5.41) is 4.73. The molecule has 1 spiro atoms. The number of halogens is 1. The zero-order chi connectivity index (χ0) is 24.4. The number of carbonyl (C=O) groups is 2. The van der Waals surface area contributed by atoms with Crippen LogP contribution in [0.2, 0.25) is 5.02 Å². The standard InChI is InChI=1S/C25H23ClN2O6/c1-12-10-14-18(21(28(2)27-14)13-8-6-7-9-15(13)31-3)23(29)25(12)24(30)19-16(32-4)11-17(33-5)20(26)22(19)34-25/h6-9,11-12H,10H2,1-5H3/t12-,25+/m1/s1. The number of aromatic nitrogens is 2. The van der Waals surface area contributed by atoms with Gasteiger partial charge in [-0.05, 0) is 18.6 Å². The van der Waals surface area contributed by atoms with E-state index in [1.807, 2.05) is 24.3 Å². The van der Waals surface area contributed by atoms with Gasteiger partial charge in [0.1, 0.15) is 27.8 Å². The zero-order valence-corrected chi connectivity index (χ0v) is 20.1. The fourth-order valence-electron chi connectivity index (χ4n) is 5.03. The van der Waals surface area contributed by atoms with E-state index in [4.69, 9.17) is 30.5 Å². The molecule has 2 aliphatic rings. The molecule has 9 heteroatoms. The van der Waals surface area contributed by atoms with Crippen molar-refractivity contribution in [2.45, 2.75) is 18.9 Å². The number of carbonyl (C=O) groups excluding carboxylic acids is 2. The molecule has 2 atom stereocenters. The van der Waals surface area contributed by atoms with Gasteiger partial charge in [0.25, 0.3) is 0 Å². The summed E-state index contributed by atoms with van der Waals surface area (Å²) in [4.78, 5) is 28.2. The van der Waals surface area contributed by atoms with Crippen LogP contribution in [0.5, 0.6) is 23.0 Å². The Kier molecular flexibility index (Phi) is 5.09. The van der Waals surface area contributed by atoms with Gasteiger partial charge in [0.2, 0.25) is 17.2 Å². The largest absolute Gasteiger partial charge is 0.496 e. The number of aryl methyl sites for hydroxylation is 1. The van der Waals surface area contributed by atoms with E-state index in [1.54, 1.807) is 25.8 Å². The first-order valence-electron chi connectivity index (χ1n) is 10.7. The number of fused-ring (bicyclic) bond motifs is 2. The first-order chi connectivity index (χ1) is 16.3. The Balaban J connectivity index is 1.73. The van der Waals surface area contributed by atoms with Crippen LogP contribution in [-0.2, 0) is 13.5 Å². The van der Waals surface area contributed by atoms with Crippen LogP contribution in [-0.4, -0.2) is 48.3 Å². The third kappa shape index (κ3) is 2.75. The average molecular weight is 483 g/mol. The summed E-state index contributed by atoms with van der Waals surface area (Å²) >= 11 is 6.52. The van der Waals surface area contributed by atoms with Gasteiger partial charge in [-0.2, -0.15) is 5.10 Å². The maximum atomic E-state index is 14.2. The van der Waals surface area contributed by atoms with Crippen molar-refractivity contribution in [1.82, 2.24) is 9.78 Å². The van der Waals surface area contributed by atoms with E-state index >= 15 is 0 Å². The second-order valence-corrected chi connectivity index (χ2v) is 8.77. The topological polar surface area (TPSA) is 88.9 Å². The lowest BCUT2D eigenvalue weighted by atomic mass is 9.71. The molecule has 2 heterocycles. The second-order valence-electron chi connectivity index (χ2n) is 8.39. The number of hydrogen-bond donors (Lipinski definition) is 0. The number of hydrogen-bond acceptors (Lipinski definition) is 7. The van der Waals surface area contributed by atoms with Gasteiger partial charge in [-0.15, -0.1) is 0 Å². The quantitative estimate of drug-likeness (QED) is 0.516. The van der Waals surface area contributed by atoms with E-state index < -0.39 is 23.1 Å². The van der Waals surface area contributed by atoms with Gasteiger partial charge < -0.3 is 18.9 Å². The highest BCUT2D eigenvalue weighted by molar-refractivity contribution is 6.36. The molecule has 1 aliphatic carbocycles. The molecule has 0 radical (unpaired) electrons. The van der Waals surface area contributed by atoms with Crippen molar-refractivity contribution in [2.75, 3.05) is 21.3 Å². The number of ketones is 2. The Hall–Kier alpha value is -3.52. The summed E-state index contributed by atoms with van der Waals surface area (Å²) < 4.78 is 24.2. The predicted molar refractivity (Wildman–Crippen MR) is 125 cm³/mol. The Labute approximate surface area is 201 Å².